The Morgan fingerprint density at radius 2 is 2.32 bits per heavy atom. The summed E-state index contributed by atoms with van der Waals surface area (Å²) in [5.41, 5.74) is 1.02. The van der Waals surface area contributed by atoms with E-state index in [1.165, 1.54) is 4.70 Å². The zero-order valence-corrected chi connectivity index (χ0v) is 12.2. The minimum Gasteiger partial charge on any atom is -0.298 e. The number of benzene rings is 1. The van der Waals surface area contributed by atoms with Crippen molar-refractivity contribution < 1.29 is 4.79 Å². The predicted molar refractivity (Wildman–Crippen MR) is 81.9 cm³/mol. The number of ketones is 1. The third-order valence-electron chi connectivity index (χ3n) is 3.52. The molecule has 1 atom stereocenters. The van der Waals surface area contributed by atoms with Gasteiger partial charge in [0.25, 0.3) is 0 Å². The maximum atomic E-state index is 12.2. The summed E-state index contributed by atoms with van der Waals surface area (Å²) in [7, 11) is 0. The van der Waals surface area contributed by atoms with E-state index in [1.807, 2.05) is 24.3 Å². The summed E-state index contributed by atoms with van der Waals surface area (Å²) < 4.78 is 1.87. The molecule has 1 aliphatic rings. The third-order valence-corrected chi connectivity index (χ3v) is 6.11. The molecule has 0 radical (unpaired) electrons. The molecule has 1 fully saturated rings. The van der Waals surface area contributed by atoms with Gasteiger partial charge in [0.05, 0.1) is 15.0 Å². The van der Waals surface area contributed by atoms with Gasteiger partial charge >= 0.3 is 0 Å². The number of hydrogen-bond donors (Lipinski definition) is 0. The lowest BCUT2D eigenvalue weighted by Gasteiger charge is -2.23. The van der Waals surface area contributed by atoms with Crippen molar-refractivity contribution >= 4 is 39.1 Å². The first-order valence-electron chi connectivity index (χ1n) is 6.42. The van der Waals surface area contributed by atoms with E-state index in [2.05, 4.69) is 17.6 Å². The average molecular weight is 289 g/mol. The molecule has 1 unspecified atom stereocenters. The first kappa shape index (κ1) is 12.9. The van der Waals surface area contributed by atoms with Crippen molar-refractivity contribution in [3.8, 4) is 0 Å². The quantitative estimate of drug-likeness (QED) is 0.779. The number of allylic oxidation sites excluding steroid dienone is 1. The normalized spacial score (nSPS) is 23.1. The Labute approximate surface area is 120 Å². The number of thiazole rings is 1. The molecule has 0 saturated heterocycles. The number of aromatic nitrogens is 1. The van der Waals surface area contributed by atoms with E-state index in [4.69, 9.17) is 0 Å². The molecule has 1 aromatic carbocycles. The largest absolute Gasteiger partial charge is 0.298 e. The highest BCUT2D eigenvalue weighted by atomic mass is 32.2. The number of rotatable bonds is 4. The summed E-state index contributed by atoms with van der Waals surface area (Å²) in [5.74, 6) is 0.358. The van der Waals surface area contributed by atoms with Crippen LogP contribution in [0.15, 0.2) is 41.3 Å². The number of hydrogen-bond acceptors (Lipinski definition) is 4. The fraction of sp³-hybridized carbons (Fsp3) is 0.333. The van der Waals surface area contributed by atoms with Crippen molar-refractivity contribution in [3.63, 3.8) is 0 Å². The molecule has 0 aliphatic heterocycles. The second kappa shape index (κ2) is 5.10. The van der Waals surface area contributed by atoms with Crippen LogP contribution in [0.4, 0.5) is 0 Å². The minimum atomic E-state index is -0.310. The van der Waals surface area contributed by atoms with Crippen molar-refractivity contribution in [1.29, 1.82) is 0 Å². The zero-order valence-electron chi connectivity index (χ0n) is 10.6. The first-order chi connectivity index (χ1) is 9.23. The van der Waals surface area contributed by atoms with Crippen LogP contribution in [0, 0.1) is 0 Å². The molecule has 0 amide bonds. The molecule has 0 bridgehead atoms. The lowest BCUT2D eigenvalue weighted by molar-refractivity contribution is -0.119. The number of fused-ring (bicyclic) bond motifs is 1. The van der Waals surface area contributed by atoms with E-state index in [9.17, 15) is 4.79 Å². The molecule has 1 heterocycles. The van der Waals surface area contributed by atoms with Gasteiger partial charge in [-0.3, -0.25) is 4.79 Å². The third kappa shape index (κ3) is 2.35. The second-order valence-electron chi connectivity index (χ2n) is 4.81. The molecule has 2 aromatic rings. The molecule has 1 aliphatic carbocycles. The molecular formula is C15H15NOS2. The Bertz CT molecular complexity index is 601. The smallest absolute Gasteiger partial charge is 0.152 e. The van der Waals surface area contributed by atoms with Crippen LogP contribution >= 0.6 is 23.1 Å². The molecule has 1 saturated carbocycles. The Balaban J connectivity index is 1.93. The molecule has 0 N–H and O–H groups in total. The van der Waals surface area contributed by atoms with Crippen LogP contribution in [-0.4, -0.2) is 15.5 Å². The molecule has 98 valence electrons. The number of Topliss-reactive ketones (excluding diaryl/α,β-unsaturated/α-hetero) is 1. The number of carbonyl (C=O) groups is 1. The van der Waals surface area contributed by atoms with Gasteiger partial charge in [0.1, 0.15) is 5.78 Å². The molecule has 1 aromatic heterocycles. The summed E-state index contributed by atoms with van der Waals surface area (Å²) in [6.45, 7) is 3.81. The average Bonchev–Trinajstić information content (AvgIpc) is 2.94. The zero-order chi connectivity index (χ0) is 13.3. The fourth-order valence-corrected chi connectivity index (χ4v) is 5.32. The maximum absolute atomic E-state index is 12.2. The van der Waals surface area contributed by atoms with Crippen molar-refractivity contribution in [3.05, 3.63) is 36.9 Å². The van der Waals surface area contributed by atoms with Crippen LogP contribution in [0.25, 0.3) is 10.2 Å². The molecule has 3 rings (SSSR count). The standard InChI is InChI=1S/C15H15NOS2/c1-2-9-15(10-5-8-13(15)17)19-14-16-11-6-3-4-7-12(11)18-14/h2-4,6-7H,1,5,8-10H2. The Hall–Kier alpha value is -1.13. The van der Waals surface area contributed by atoms with E-state index < -0.39 is 0 Å². The minimum absolute atomic E-state index is 0.310. The van der Waals surface area contributed by atoms with Crippen molar-refractivity contribution in [1.82, 2.24) is 4.98 Å². The van der Waals surface area contributed by atoms with Crippen LogP contribution in [0.5, 0.6) is 0 Å². The molecule has 4 heteroatoms. The highest BCUT2D eigenvalue weighted by Gasteiger charge is 2.42. The summed E-state index contributed by atoms with van der Waals surface area (Å²) in [5, 5.41) is 0. The van der Waals surface area contributed by atoms with E-state index in [1.54, 1.807) is 23.1 Å². The topological polar surface area (TPSA) is 30.0 Å². The Morgan fingerprint density at radius 1 is 1.47 bits per heavy atom. The summed E-state index contributed by atoms with van der Waals surface area (Å²) >= 11 is 3.32. The SMILES string of the molecule is C=CCC1(Sc2nc3ccccc3s2)CCCC1=O. The van der Waals surface area contributed by atoms with E-state index in [0.717, 1.165) is 29.1 Å². The van der Waals surface area contributed by atoms with Gasteiger partial charge in [-0.05, 0) is 31.4 Å². The van der Waals surface area contributed by atoms with Crippen molar-refractivity contribution in [2.75, 3.05) is 0 Å². The van der Waals surface area contributed by atoms with Gasteiger partial charge in [-0.25, -0.2) is 4.98 Å². The van der Waals surface area contributed by atoms with Crippen LogP contribution in [0.1, 0.15) is 25.7 Å². The van der Waals surface area contributed by atoms with Gasteiger partial charge in [0.15, 0.2) is 4.34 Å². The molecular weight excluding hydrogens is 274 g/mol. The monoisotopic (exact) mass is 289 g/mol. The molecule has 19 heavy (non-hydrogen) atoms. The van der Waals surface area contributed by atoms with Gasteiger partial charge < -0.3 is 0 Å². The van der Waals surface area contributed by atoms with Gasteiger partial charge in [0, 0.05) is 6.42 Å². The highest BCUT2D eigenvalue weighted by Crippen LogP contribution is 2.47. The first-order valence-corrected chi connectivity index (χ1v) is 8.06. The summed E-state index contributed by atoms with van der Waals surface area (Å²) in [6.07, 6.45) is 5.24. The number of para-hydroxylation sites is 1. The van der Waals surface area contributed by atoms with Gasteiger partial charge in [0.2, 0.25) is 0 Å². The van der Waals surface area contributed by atoms with E-state index in [0.29, 0.717) is 12.2 Å². The highest BCUT2D eigenvalue weighted by molar-refractivity contribution is 8.03. The van der Waals surface area contributed by atoms with Crippen LogP contribution in [0.3, 0.4) is 0 Å². The molecule has 0 spiro atoms. The van der Waals surface area contributed by atoms with Crippen molar-refractivity contribution in [2.24, 2.45) is 0 Å². The lowest BCUT2D eigenvalue weighted by atomic mass is 10.0. The summed E-state index contributed by atoms with van der Waals surface area (Å²) in [6, 6.07) is 8.12. The number of carbonyl (C=O) groups excluding carboxylic acids is 1. The van der Waals surface area contributed by atoms with E-state index >= 15 is 0 Å². The van der Waals surface area contributed by atoms with E-state index in [-0.39, 0.29) is 4.75 Å². The van der Waals surface area contributed by atoms with Gasteiger partial charge in [-0.2, -0.15) is 0 Å². The lowest BCUT2D eigenvalue weighted by Crippen LogP contribution is -2.28. The van der Waals surface area contributed by atoms with Crippen molar-refractivity contribution in [2.45, 2.75) is 34.8 Å². The van der Waals surface area contributed by atoms with Crippen LogP contribution < -0.4 is 0 Å². The van der Waals surface area contributed by atoms with Crippen LogP contribution in [-0.2, 0) is 4.79 Å². The van der Waals surface area contributed by atoms with Crippen LogP contribution in [0.2, 0.25) is 0 Å². The second-order valence-corrected chi connectivity index (χ2v) is 7.47. The maximum Gasteiger partial charge on any atom is 0.152 e. The van der Waals surface area contributed by atoms with Gasteiger partial charge in [-0.1, -0.05) is 30.0 Å². The number of nitrogens with zero attached hydrogens (tertiary/aromatic N) is 1. The Morgan fingerprint density at radius 3 is 3.00 bits per heavy atom. The van der Waals surface area contributed by atoms with Gasteiger partial charge in [-0.15, -0.1) is 17.9 Å². The molecule has 2 nitrogen and oxygen atoms in total. The fourth-order valence-electron chi connectivity index (χ4n) is 2.56. The Kier molecular flexibility index (Phi) is 3.46. The number of thioether (sulfide) groups is 1. The predicted octanol–water partition coefficient (Wildman–Crippen LogP) is 4.46. The summed E-state index contributed by atoms with van der Waals surface area (Å²) in [4.78, 5) is 16.8.